The fraction of sp³-hybridized carbons (Fsp3) is 0.353. The third kappa shape index (κ3) is 2.29. The number of nitrogens with two attached hydrogens (primary N) is 1. The van der Waals surface area contributed by atoms with Gasteiger partial charge in [-0.05, 0) is 55.5 Å². The van der Waals surface area contributed by atoms with Crippen LogP contribution < -0.4 is 10.6 Å². The van der Waals surface area contributed by atoms with Gasteiger partial charge in [-0.25, -0.2) is 4.98 Å². The zero-order chi connectivity index (χ0) is 14.1. The summed E-state index contributed by atoms with van der Waals surface area (Å²) >= 11 is 0. The minimum absolute atomic E-state index is 0.0314. The molecule has 0 saturated carbocycles. The standard InChI is InChI=1S/C17H21N3/c1-12-10-15(13(2)18)11-19-17(12)20-9-5-7-14-6-3-4-8-16(14)20/h3-4,6,8,10-11,13H,5,7,9,18H2,1-2H3. The SMILES string of the molecule is Cc1cc(C(C)N)cnc1N1CCCc2ccccc21. The first kappa shape index (κ1) is 13.1. The Bertz CT molecular complexity index is 619. The molecule has 0 aliphatic carbocycles. The fourth-order valence-corrected chi connectivity index (χ4v) is 2.87. The van der Waals surface area contributed by atoms with E-state index in [-0.39, 0.29) is 6.04 Å². The van der Waals surface area contributed by atoms with Crippen molar-refractivity contribution in [1.82, 2.24) is 4.98 Å². The first-order chi connectivity index (χ1) is 9.66. The molecule has 104 valence electrons. The molecule has 0 amide bonds. The van der Waals surface area contributed by atoms with Crippen LogP contribution in [0.2, 0.25) is 0 Å². The van der Waals surface area contributed by atoms with Crippen LogP contribution in [0, 0.1) is 6.92 Å². The van der Waals surface area contributed by atoms with E-state index < -0.39 is 0 Å². The van der Waals surface area contributed by atoms with Crippen molar-refractivity contribution < 1.29 is 0 Å². The van der Waals surface area contributed by atoms with Crippen LogP contribution in [0.1, 0.15) is 36.1 Å². The van der Waals surface area contributed by atoms with Crippen LogP contribution in [0.4, 0.5) is 11.5 Å². The summed E-state index contributed by atoms with van der Waals surface area (Å²) < 4.78 is 0. The minimum Gasteiger partial charge on any atom is -0.326 e. The van der Waals surface area contributed by atoms with E-state index in [1.54, 1.807) is 0 Å². The molecule has 1 aliphatic heterocycles. The van der Waals surface area contributed by atoms with Gasteiger partial charge in [0.15, 0.2) is 0 Å². The molecule has 2 heterocycles. The summed E-state index contributed by atoms with van der Waals surface area (Å²) in [6, 6.07) is 10.8. The molecular formula is C17H21N3. The number of nitrogens with zero attached hydrogens (tertiary/aromatic N) is 2. The van der Waals surface area contributed by atoms with E-state index in [0.717, 1.165) is 24.3 Å². The van der Waals surface area contributed by atoms with Gasteiger partial charge in [0.05, 0.1) is 0 Å². The van der Waals surface area contributed by atoms with E-state index >= 15 is 0 Å². The lowest BCUT2D eigenvalue weighted by Crippen LogP contribution is -2.26. The average Bonchev–Trinajstić information content (AvgIpc) is 2.46. The molecule has 1 unspecified atom stereocenters. The lowest BCUT2D eigenvalue weighted by Gasteiger charge is -2.31. The van der Waals surface area contributed by atoms with Crippen LogP contribution in [0.5, 0.6) is 0 Å². The van der Waals surface area contributed by atoms with Crippen molar-refractivity contribution in [1.29, 1.82) is 0 Å². The quantitative estimate of drug-likeness (QED) is 0.905. The third-order valence-electron chi connectivity index (χ3n) is 3.96. The van der Waals surface area contributed by atoms with Crippen LogP contribution in [0.25, 0.3) is 0 Å². The molecule has 0 saturated heterocycles. The third-order valence-corrected chi connectivity index (χ3v) is 3.96. The Morgan fingerprint density at radius 3 is 2.85 bits per heavy atom. The molecule has 1 aliphatic rings. The van der Waals surface area contributed by atoms with E-state index in [2.05, 4.69) is 47.1 Å². The fourth-order valence-electron chi connectivity index (χ4n) is 2.87. The van der Waals surface area contributed by atoms with Gasteiger partial charge in [-0.1, -0.05) is 18.2 Å². The normalized spacial score (nSPS) is 15.8. The lowest BCUT2D eigenvalue weighted by atomic mass is 10.0. The van der Waals surface area contributed by atoms with E-state index in [0.29, 0.717) is 0 Å². The molecule has 1 aromatic heterocycles. The van der Waals surface area contributed by atoms with Gasteiger partial charge in [0.1, 0.15) is 5.82 Å². The molecule has 0 spiro atoms. The topological polar surface area (TPSA) is 42.1 Å². The second-order valence-electron chi connectivity index (χ2n) is 5.58. The van der Waals surface area contributed by atoms with E-state index in [4.69, 9.17) is 5.73 Å². The summed E-state index contributed by atoms with van der Waals surface area (Å²) in [6.07, 6.45) is 4.24. The number of rotatable bonds is 2. The molecule has 2 aromatic rings. The predicted molar refractivity (Wildman–Crippen MR) is 83.3 cm³/mol. The number of anilines is 2. The highest BCUT2D eigenvalue weighted by molar-refractivity contribution is 5.67. The minimum atomic E-state index is 0.0314. The molecule has 0 bridgehead atoms. The van der Waals surface area contributed by atoms with Crippen molar-refractivity contribution >= 4 is 11.5 Å². The molecule has 3 rings (SSSR count). The molecule has 2 N–H and O–H groups in total. The highest BCUT2D eigenvalue weighted by Gasteiger charge is 2.20. The van der Waals surface area contributed by atoms with Gasteiger partial charge in [-0.3, -0.25) is 0 Å². The number of benzene rings is 1. The van der Waals surface area contributed by atoms with Crippen LogP contribution >= 0.6 is 0 Å². The summed E-state index contributed by atoms with van der Waals surface area (Å²) in [5.41, 5.74) is 10.9. The van der Waals surface area contributed by atoms with Crippen molar-refractivity contribution in [3.63, 3.8) is 0 Å². The molecule has 0 radical (unpaired) electrons. The zero-order valence-corrected chi connectivity index (χ0v) is 12.1. The molecular weight excluding hydrogens is 246 g/mol. The smallest absolute Gasteiger partial charge is 0.135 e. The second-order valence-corrected chi connectivity index (χ2v) is 5.58. The number of para-hydroxylation sites is 1. The number of fused-ring (bicyclic) bond motifs is 1. The zero-order valence-electron chi connectivity index (χ0n) is 12.1. The van der Waals surface area contributed by atoms with Gasteiger partial charge >= 0.3 is 0 Å². The van der Waals surface area contributed by atoms with Crippen molar-refractivity contribution in [2.45, 2.75) is 32.7 Å². The molecule has 3 heteroatoms. The first-order valence-corrected chi connectivity index (χ1v) is 7.24. The summed E-state index contributed by atoms with van der Waals surface area (Å²) in [5.74, 6) is 1.06. The van der Waals surface area contributed by atoms with Gasteiger partial charge in [0.25, 0.3) is 0 Å². The number of hydrogen-bond acceptors (Lipinski definition) is 3. The Labute approximate surface area is 120 Å². The van der Waals surface area contributed by atoms with Crippen LogP contribution in [-0.4, -0.2) is 11.5 Å². The summed E-state index contributed by atoms with van der Waals surface area (Å²) in [6.45, 7) is 5.14. The highest BCUT2D eigenvalue weighted by Crippen LogP contribution is 2.34. The maximum Gasteiger partial charge on any atom is 0.135 e. The Hall–Kier alpha value is -1.87. The molecule has 20 heavy (non-hydrogen) atoms. The largest absolute Gasteiger partial charge is 0.326 e. The van der Waals surface area contributed by atoms with Gasteiger partial charge in [0.2, 0.25) is 0 Å². The molecule has 1 aromatic carbocycles. The number of aromatic nitrogens is 1. The van der Waals surface area contributed by atoms with Gasteiger partial charge in [0, 0.05) is 24.5 Å². The first-order valence-electron chi connectivity index (χ1n) is 7.24. The van der Waals surface area contributed by atoms with Gasteiger partial charge in [-0.2, -0.15) is 0 Å². The lowest BCUT2D eigenvalue weighted by molar-refractivity contribution is 0.754. The van der Waals surface area contributed by atoms with Crippen LogP contribution in [-0.2, 0) is 6.42 Å². The van der Waals surface area contributed by atoms with Crippen LogP contribution in [0.15, 0.2) is 36.5 Å². The summed E-state index contributed by atoms with van der Waals surface area (Å²) in [7, 11) is 0. The molecule has 0 fully saturated rings. The van der Waals surface area contributed by atoms with Gasteiger partial charge < -0.3 is 10.6 Å². The predicted octanol–water partition coefficient (Wildman–Crippen LogP) is 3.49. The second kappa shape index (κ2) is 5.25. The van der Waals surface area contributed by atoms with Crippen LogP contribution in [0.3, 0.4) is 0 Å². The maximum absolute atomic E-state index is 5.93. The number of pyridine rings is 1. The Morgan fingerprint density at radius 1 is 1.30 bits per heavy atom. The van der Waals surface area contributed by atoms with Crippen molar-refractivity contribution in [2.24, 2.45) is 5.73 Å². The maximum atomic E-state index is 5.93. The highest BCUT2D eigenvalue weighted by atomic mass is 15.2. The number of aryl methyl sites for hydroxylation is 2. The summed E-state index contributed by atoms with van der Waals surface area (Å²) in [4.78, 5) is 7.00. The molecule has 1 atom stereocenters. The monoisotopic (exact) mass is 267 g/mol. The average molecular weight is 267 g/mol. The number of hydrogen-bond donors (Lipinski definition) is 1. The Morgan fingerprint density at radius 2 is 2.10 bits per heavy atom. The molecule has 3 nitrogen and oxygen atoms in total. The van der Waals surface area contributed by atoms with E-state index in [9.17, 15) is 0 Å². The Balaban J connectivity index is 2.02. The van der Waals surface area contributed by atoms with Crippen molar-refractivity contribution in [2.75, 3.05) is 11.4 Å². The van der Waals surface area contributed by atoms with Crippen molar-refractivity contribution in [3.8, 4) is 0 Å². The Kier molecular flexibility index (Phi) is 3.45. The van der Waals surface area contributed by atoms with E-state index in [1.165, 1.54) is 23.2 Å². The van der Waals surface area contributed by atoms with E-state index in [1.807, 2.05) is 13.1 Å². The van der Waals surface area contributed by atoms with Gasteiger partial charge in [-0.15, -0.1) is 0 Å². The summed E-state index contributed by atoms with van der Waals surface area (Å²) in [5, 5.41) is 0. The van der Waals surface area contributed by atoms with Crippen molar-refractivity contribution in [3.05, 3.63) is 53.2 Å².